The van der Waals surface area contributed by atoms with Gasteiger partial charge >= 0.3 is 0 Å². The molecule has 0 bridgehead atoms. The molecule has 2 aromatic rings. The normalized spacial score (nSPS) is 21.6. The monoisotopic (exact) mass is 472 g/mol. The maximum atomic E-state index is 10.7. The van der Waals surface area contributed by atoms with Crippen LogP contribution < -0.4 is 10.6 Å². The lowest BCUT2D eigenvalue weighted by Gasteiger charge is -2.20. The third kappa shape index (κ3) is 5.96. The van der Waals surface area contributed by atoms with Crippen LogP contribution in [0.4, 0.5) is 11.6 Å². The fraction of sp³-hybridized carbons (Fsp3) is 0.600. The highest BCUT2D eigenvalue weighted by Gasteiger charge is 2.35. The lowest BCUT2D eigenvalue weighted by molar-refractivity contribution is -0.139. The van der Waals surface area contributed by atoms with Crippen molar-refractivity contribution in [1.82, 2.24) is 9.97 Å². The molecule has 1 aromatic heterocycles. The van der Waals surface area contributed by atoms with E-state index in [2.05, 4.69) is 14.9 Å². The third-order valence-electron chi connectivity index (χ3n) is 6.67. The van der Waals surface area contributed by atoms with Crippen molar-refractivity contribution in [3.05, 3.63) is 30.0 Å². The molecule has 0 unspecified atom stereocenters. The number of ether oxygens (including phenoxy) is 4. The molecule has 0 radical (unpaired) electrons. The van der Waals surface area contributed by atoms with Crippen molar-refractivity contribution in [2.75, 3.05) is 51.5 Å². The van der Waals surface area contributed by atoms with Crippen molar-refractivity contribution in [1.29, 1.82) is 0 Å². The van der Waals surface area contributed by atoms with Gasteiger partial charge in [0.1, 0.15) is 31.5 Å². The zero-order valence-electron chi connectivity index (χ0n) is 20.1. The molecule has 1 aromatic carbocycles. The zero-order chi connectivity index (χ0) is 23.9. The Balaban J connectivity index is 1.59. The van der Waals surface area contributed by atoms with Crippen LogP contribution in [0.15, 0.2) is 24.3 Å². The molecule has 0 spiro atoms. The average Bonchev–Trinajstić information content (AvgIpc) is 3.04. The van der Waals surface area contributed by atoms with Gasteiger partial charge in [-0.3, -0.25) is 0 Å². The first-order chi connectivity index (χ1) is 16.6. The van der Waals surface area contributed by atoms with Crippen molar-refractivity contribution < 1.29 is 24.1 Å². The van der Waals surface area contributed by atoms with Crippen molar-refractivity contribution in [2.24, 2.45) is 0 Å². The fourth-order valence-corrected chi connectivity index (χ4v) is 4.92. The maximum Gasteiger partial charge on any atom is 0.220 e. The Hall–Kier alpha value is -2.46. The Morgan fingerprint density at radius 3 is 2.21 bits per heavy atom. The number of anilines is 2. The topological polar surface area (TPSA) is 112 Å². The number of phenolic OH excluding ortho intramolecular Hbond substituents is 1. The number of benzene rings is 1. The van der Waals surface area contributed by atoms with Gasteiger partial charge in [0.15, 0.2) is 0 Å². The number of methoxy groups -OCH3 is 2. The smallest absolute Gasteiger partial charge is 0.220 e. The molecule has 2 fully saturated rings. The molecule has 1 aliphatic carbocycles. The second-order valence-electron chi connectivity index (χ2n) is 9.05. The van der Waals surface area contributed by atoms with Crippen molar-refractivity contribution in [3.63, 3.8) is 0 Å². The van der Waals surface area contributed by atoms with Crippen LogP contribution in [0.5, 0.6) is 5.75 Å². The van der Waals surface area contributed by atoms with Crippen LogP contribution in [0, 0.1) is 0 Å². The Kier molecular flexibility index (Phi) is 8.55. The van der Waals surface area contributed by atoms with E-state index in [1.54, 1.807) is 20.3 Å². The first-order valence-electron chi connectivity index (χ1n) is 12.0. The molecule has 2 aliphatic rings. The summed E-state index contributed by atoms with van der Waals surface area (Å²) in [6.45, 7) is 1.63. The van der Waals surface area contributed by atoms with Gasteiger partial charge in [-0.15, -0.1) is 0 Å². The minimum absolute atomic E-state index is 0.159. The third-order valence-corrected chi connectivity index (χ3v) is 6.67. The van der Waals surface area contributed by atoms with Gasteiger partial charge in [-0.2, -0.15) is 0 Å². The van der Waals surface area contributed by atoms with Crippen molar-refractivity contribution >= 4 is 11.6 Å². The molecular weight excluding hydrogens is 436 g/mol. The first-order valence-corrected chi connectivity index (χ1v) is 12.0. The second-order valence-corrected chi connectivity index (χ2v) is 9.05. The number of hydrogen-bond donors (Lipinski definition) is 2. The van der Waals surface area contributed by atoms with E-state index in [1.807, 2.05) is 18.2 Å². The van der Waals surface area contributed by atoms with Crippen LogP contribution >= 0.6 is 0 Å². The van der Waals surface area contributed by atoms with Crippen LogP contribution in [0.1, 0.15) is 50.1 Å². The molecule has 1 saturated heterocycles. The van der Waals surface area contributed by atoms with Gasteiger partial charge < -0.3 is 34.7 Å². The van der Waals surface area contributed by atoms with Gasteiger partial charge in [-0.1, -0.05) is 25.7 Å². The highest BCUT2D eigenvalue weighted by molar-refractivity contribution is 5.73. The van der Waals surface area contributed by atoms with Gasteiger partial charge in [0, 0.05) is 50.2 Å². The van der Waals surface area contributed by atoms with E-state index in [9.17, 15) is 5.11 Å². The Morgan fingerprint density at radius 2 is 1.59 bits per heavy atom. The number of rotatable bonds is 9. The number of aromatic nitrogens is 2. The molecule has 1 saturated carbocycles. The lowest BCUT2D eigenvalue weighted by atomic mass is 9.95. The van der Waals surface area contributed by atoms with Crippen molar-refractivity contribution in [3.8, 4) is 17.0 Å². The number of nitrogen functional groups attached to an aromatic ring is 1. The zero-order valence-corrected chi connectivity index (χ0v) is 20.1. The number of nitrogens with zero attached hydrogens (tertiary/aromatic N) is 3. The number of aromatic hydroxyl groups is 1. The van der Waals surface area contributed by atoms with Crippen LogP contribution in [-0.2, 0) is 18.9 Å². The molecule has 1 aliphatic heterocycles. The molecule has 0 amide bonds. The first kappa shape index (κ1) is 24.7. The predicted octanol–water partition coefficient (Wildman–Crippen LogP) is 3.67. The van der Waals surface area contributed by atoms with Crippen LogP contribution in [-0.4, -0.2) is 68.2 Å². The molecule has 9 heteroatoms. The Labute approximate surface area is 201 Å². The standard InChI is InChI=1S/C25H36N4O5/c1-31-15-33-23-13-29(14-24(23)34-16-32-2)18-9-10-22(30)19(11-18)21-12-20(27-25(26)28-21)17-7-5-3-4-6-8-17/h9-12,17,23-24,30H,3-8,13-16H2,1-2H3,(H2,26,27,28)/t23-,24-/m0/s1. The molecule has 34 heavy (non-hydrogen) atoms. The summed E-state index contributed by atoms with van der Waals surface area (Å²) in [4.78, 5) is 11.2. The molecular formula is C25H36N4O5. The molecule has 2 atom stereocenters. The van der Waals surface area contributed by atoms with Crippen LogP contribution in [0.25, 0.3) is 11.3 Å². The minimum Gasteiger partial charge on any atom is -0.507 e. The summed E-state index contributed by atoms with van der Waals surface area (Å²) in [6.07, 6.45) is 6.85. The average molecular weight is 473 g/mol. The highest BCUT2D eigenvalue weighted by atomic mass is 16.7. The Bertz CT molecular complexity index is 920. The molecule has 3 N–H and O–H groups in total. The predicted molar refractivity (Wildman–Crippen MR) is 130 cm³/mol. The minimum atomic E-state index is -0.163. The highest BCUT2D eigenvalue weighted by Crippen LogP contribution is 2.37. The fourth-order valence-electron chi connectivity index (χ4n) is 4.92. The molecule has 186 valence electrons. The summed E-state index contributed by atoms with van der Waals surface area (Å²) < 4.78 is 21.8. The van der Waals surface area contributed by atoms with E-state index in [1.165, 1.54) is 25.7 Å². The second kappa shape index (κ2) is 11.8. The summed E-state index contributed by atoms with van der Waals surface area (Å²) in [5.41, 5.74) is 9.30. The summed E-state index contributed by atoms with van der Waals surface area (Å²) in [6, 6.07) is 7.52. The van der Waals surface area contributed by atoms with Gasteiger partial charge in [0.25, 0.3) is 0 Å². The summed E-state index contributed by atoms with van der Waals surface area (Å²) in [5, 5.41) is 10.7. The number of phenols is 1. The summed E-state index contributed by atoms with van der Waals surface area (Å²) >= 11 is 0. The lowest BCUT2D eigenvalue weighted by Crippen LogP contribution is -2.31. The van der Waals surface area contributed by atoms with Gasteiger partial charge in [-0.05, 0) is 37.1 Å². The van der Waals surface area contributed by atoms with E-state index in [0.29, 0.717) is 30.3 Å². The number of nitrogens with two attached hydrogens (primary N) is 1. The molecule has 2 heterocycles. The van der Waals surface area contributed by atoms with E-state index >= 15 is 0 Å². The SMILES string of the molecule is COCO[C@H]1CN(c2ccc(O)c(-c3cc(C4CCCCCC4)nc(N)n3)c2)C[C@@H]1OCOC. The van der Waals surface area contributed by atoms with Gasteiger partial charge in [-0.25, -0.2) is 9.97 Å². The molecule has 4 rings (SSSR count). The maximum absolute atomic E-state index is 10.7. The van der Waals surface area contributed by atoms with E-state index in [-0.39, 0.29) is 37.5 Å². The van der Waals surface area contributed by atoms with Crippen LogP contribution in [0.2, 0.25) is 0 Å². The summed E-state index contributed by atoms with van der Waals surface area (Å²) in [7, 11) is 3.20. The van der Waals surface area contributed by atoms with E-state index in [0.717, 1.165) is 24.2 Å². The largest absolute Gasteiger partial charge is 0.507 e. The van der Waals surface area contributed by atoms with E-state index < -0.39 is 0 Å². The Morgan fingerprint density at radius 1 is 0.941 bits per heavy atom. The van der Waals surface area contributed by atoms with Crippen LogP contribution in [0.3, 0.4) is 0 Å². The van der Waals surface area contributed by atoms with Gasteiger partial charge in [0.2, 0.25) is 5.95 Å². The van der Waals surface area contributed by atoms with Gasteiger partial charge in [0.05, 0.1) is 5.69 Å². The quantitative estimate of drug-likeness (QED) is 0.417. The molecule has 9 nitrogen and oxygen atoms in total. The summed E-state index contributed by atoms with van der Waals surface area (Å²) in [5.74, 6) is 0.781. The van der Waals surface area contributed by atoms with E-state index in [4.69, 9.17) is 24.7 Å². The number of hydrogen-bond acceptors (Lipinski definition) is 9. The van der Waals surface area contributed by atoms with Crippen molar-refractivity contribution in [2.45, 2.75) is 56.7 Å².